The monoisotopic (exact) mass is 698 g/mol. The Balaban J connectivity index is 1.06. The van der Waals surface area contributed by atoms with Gasteiger partial charge in [-0.3, -0.25) is 0 Å². The normalized spacial score (nSPS) is 20.1. The van der Waals surface area contributed by atoms with E-state index in [1.165, 1.54) is 60.2 Å². The Labute approximate surface area is 314 Å². The second kappa shape index (κ2) is 11.7. The molecule has 8 aromatic rings. The SMILES string of the molecule is CC1C=c2c(n(-c3cccc(-c4cccc5c4oc4ccccc45)c3)c3ccc(C4(C)C=Cc5c(n(-c6ccccc6)c6c5=CCC(C)C=6)C4)cc23)=CC1. The largest absolute Gasteiger partial charge is 0.455 e. The summed E-state index contributed by atoms with van der Waals surface area (Å²) in [4.78, 5) is 0. The molecule has 0 aliphatic heterocycles. The molecular formula is C51H42N2O. The predicted molar refractivity (Wildman–Crippen MR) is 226 cm³/mol. The van der Waals surface area contributed by atoms with Crippen LogP contribution >= 0.6 is 0 Å². The highest BCUT2D eigenvalue weighted by Crippen LogP contribution is 2.39. The Morgan fingerprint density at radius 2 is 1.43 bits per heavy atom. The summed E-state index contributed by atoms with van der Waals surface area (Å²) >= 11 is 0. The summed E-state index contributed by atoms with van der Waals surface area (Å²) < 4.78 is 11.5. The van der Waals surface area contributed by atoms with Gasteiger partial charge in [-0.2, -0.15) is 0 Å². The Kier molecular flexibility index (Phi) is 6.83. The molecule has 3 aromatic heterocycles. The lowest BCUT2D eigenvalue weighted by atomic mass is 9.74. The van der Waals surface area contributed by atoms with E-state index in [4.69, 9.17) is 4.42 Å². The van der Waals surface area contributed by atoms with Crippen LogP contribution in [0.5, 0.6) is 0 Å². The number of rotatable bonds is 4. The average Bonchev–Trinajstić information content (AvgIpc) is 3.84. The maximum Gasteiger partial charge on any atom is 0.143 e. The molecule has 3 heterocycles. The van der Waals surface area contributed by atoms with Gasteiger partial charge in [0.25, 0.3) is 0 Å². The first-order valence-corrected chi connectivity index (χ1v) is 19.5. The third kappa shape index (κ3) is 4.67. The lowest BCUT2D eigenvalue weighted by Crippen LogP contribution is -2.32. The smallest absolute Gasteiger partial charge is 0.143 e. The van der Waals surface area contributed by atoms with Gasteiger partial charge in [0, 0.05) is 77.3 Å². The van der Waals surface area contributed by atoms with Crippen molar-refractivity contribution >= 4 is 63.2 Å². The van der Waals surface area contributed by atoms with Crippen molar-refractivity contribution in [1.29, 1.82) is 0 Å². The molecule has 0 radical (unpaired) electrons. The fourth-order valence-electron chi connectivity index (χ4n) is 9.59. The molecule has 3 aliphatic rings. The molecule has 0 saturated carbocycles. The number of hydrogen-bond acceptors (Lipinski definition) is 1. The summed E-state index contributed by atoms with van der Waals surface area (Å²) in [5.41, 5.74) is 11.8. The Morgan fingerprint density at radius 1 is 0.648 bits per heavy atom. The molecule has 0 amide bonds. The molecule has 5 aromatic carbocycles. The van der Waals surface area contributed by atoms with E-state index >= 15 is 0 Å². The Morgan fingerprint density at radius 3 is 2.33 bits per heavy atom. The maximum absolute atomic E-state index is 6.48. The van der Waals surface area contributed by atoms with E-state index in [1.54, 1.807) is 0 Å². The molecule has 3 nitrogen and oxygen atoms in total. The Bertz CT molecular complexity index is 3130. The van der Waals surface area contributed by atoms with Crippen LogP contribution in [-0.4, -0.2) is 9.13 Å². The van der Waals surface area contributed by atoms with Crippen molar-refractivity contribution in [3.8, 4) is 22.5 Å². The van der Waals surface area contributed by atoms with Crippen LogP contribution in [-0.2, 0) is 11.8 Å². The highest BCUT2D eigenvalue weighted by Gasteiger charge is 2.32. The zero-order valence-electron chi connectivity index (χ0n) is 31.0. The number of benzene rings is 5. The molecule has 11 rings (SSSR count). The van der Waals surface area contributed by atoms with E-state index in [1.807, 2.05) is 6.07 Å². The van der Waals surface area contributed by atoms with Crippen molar-refractivity contribution in [2.45, 2.75) is 45.4 Å². The summed E-state index contributed by atoms with van der Waals surface area (Å²) in [6, 6.07) is 42.0. The topological polar surface area (TPSA) is 23.0 Å². The van der Waals surface area contributed by atoms with Crippen LogP contribution in [0.2, 0.25) is 0 Å². The van der Waals surface area contributed by atoms with Gasteiger partial charge in [-0.15, -0.1) is 0 Å². The number of nitrogens with zero attached hydrogens (tertiary/aromatic N) is 2. The number of aromatic nitrogens is 2. The molecule has 0 spiro atoms. The fraction of sp³-hybridized carbons (Fsp3) is 0.176. The Hall–Kier alpha value is -6.06. The van der Waals surface area contributed by atoms with E-state index in [9.17, 15) is 0 Å². The number of furan rings is 1. The van der Waals surface area contributed by atoms with Crippen LogP contribution in [0.4, 0.5) is 0 Å². The quantitative estimate of drug-likeness (QED) is 0.180. The van der Waals surface area contributed by atoms with Crippen molar-refractivity contribution in [2.75, 3.05) is 0 Å². The molecule has 3 heteroatoms. The molecule has 54 heavy (non-hydrogen) atoms. The first kappa shape index (κ1) is 31.5. The molecule has 0 saturated heterocycles. The van der Waals surface area contributed by atoms with Crippen LogP contribution in [0.15, 0.2) is 126 Å². The predicted octanol–water partition coefficient (Wildman–Crippen LogP) is 9.72. The lowest BCUT2D eigenvalue weighted by Gasteiger charge is -2.31. The van der Waals surface area contributed by atoms with Crippen molar-refractivity contribution < 1.29 is 4.42 Å². The standard InChI is InChI=1S/C51H42N2O/c1-32-20-23-45-43(27-32)44-30-35(51(3)26-25-40-39-22-19-33(2)28-47(39)52(48(40)31-51)36-12-5-4-6-13-36)21-24-46(44)53(45)37-14-9-11-34(29-37)38-16-10-17-42-41-15-7-8-18-49(41)54-50(38)42/h4-18,21-30,32-33H,19-20,31H2,1-3H3. The summed E-state index contributed by atoms with van der Waals surface area (Å²) in [5.74, 6) is 1.01. The van der Waals surface area contributed by atoms with Crippen molar-refractivity contribution in [2.24, 2.45) is 11.8 Å². The lowest BCUT2D eigenvalue weighted by molar-refractivity contribution is 0.571. The second-order valence-electron chi connectivity index (χ2n) is 16.1. The number of para-hydroxylation sites is 3. The van der Waals surface area contributed by atoms with E-state index in [0.29, 0.717) is 11.8 Å². The van der Waals surface area contributed by atoms with Gasteiger partial charge in [-0.05, 0) is 78.3 Å². The number of fused-ring (bicyclic) bond motifs is 9. The third-order valence-corrected chi connectivity index (χ3v) is 12.3. The third-order valence-electron chi connectivity index (χ3n) is 12.3. The van der Waals surface area contributed by atoms with E-state index in [2.05, 4.69) is 176 Å². The van der Waals surface area contributed by atoms with Gasteiger partial charge in [-0.25, -0.2) is 0 Å². The zero-order chi connectivity index (χ0) is 36.1. The van der Waals surface area contributed by atoms with Gasteiger partial charge in [0.05, 0.1) is 5.52 Å². The van der Waals surface area contributed by atoms with Crippen LogP contribution in [0.25, 0.3) is 85.7 Å². The van der Waals surface area contributed by atoms with Crippen LogP contribution < -0.4 is 21.1 Å². The fourth-order valence-corrected chi connectivity index (χ4v) is 9.59. The number of allylic oxidation sites excluding steroid dienone is 1. The molecule has 0 N–H and O–H groups in total. The van der Waals surface area contributed by atoms with Gasteiger partial charge in [0.2, 0.25) is 0 Å². The zero-order valence-corrected chi connectivity index (χ0v) is 31.0. The average molecular weight is 699 g/mol. The summed E-state index contributed by atoms with van der Waals surface area (Å²) in [6.07, 6.45) is 17.8. The minimum absolute atomic E-state index is 0.162. The summed E-state index contributed by atoms with van der Waals surface area (Å²) in [6.45, 7) is 7.09. The molecule has 0 bridgehead atoms. The highest BCUT2D eigenvalue weighted by molar-refractivity contribution is 6.09. The van der Waals surface area contributed by atoms with E-state index in [-0.39, 0.29) is 5.41 Å². The molecule has 3 aliphatic carbocycles. The van der Waals surface area contributed by atoms with Crippen molar-refractivity contribution in [3.63, 3.8) is 0 Å². The molecule has 262 valence electrons. The van der Waals surface area contributed by atoms with Crippen molar-refractivity contribution in [1.82, 2.24) is 9.13 Å². The molecule has 3 unspecified atom stereocenters. The first-order chi connectivity index (χ1) is 26.4. The van der Waals surface area contributed by atoms with Gasteiger partial charge in [-0.1, -0.05) is 130 Å². The maximum atomic E-state index is 6.48. The van der Waals surface area contributed by atoms with E-state index < -0.39 is 0 Å². The van der Waals surface area contributed by atoms with Crippen LogP contribution in [0, 0.1) is 11.8 Å². The van der Waals surface area contributed by atoms with Gasteiger partial charge >= 0.3 is 0 Å². The van der Waals surface area contributed by atoms with Gasteiger partial charge in [0.1, 0.15) is 11.2 Å². The molecule has 0 fully saturated rings. The molecule has 3 atom stereocenters. The first-order valence-electron chi connectivity index (χ1n) is 19.5. The van der Waals surface area contributed by atoms with E-state index in [0.717, 1.165) is 52.3 Å². The highest BCUT2D eigenvalue weighted by atomic mass is 16.3. The summed E-state index contributed by atoms with van der Waals surface area (Å²) in [5, 5.41) is 9.01. The molecular weight excluding hydrogens is 657 g/mol. The van der Waals surface area contributed by atoms with Crippen LogP contribution in [0.3, 0.4) is 0 Å². The van der Waals surface area contributed by atoms with Crippen LogP contribution in [0.1, 0.15) is 50.4 Å². The number of hydrogen-bond donors (Lipinski definition) is 0. The van der Waals surface area contributed by atoms with Gasteiger partial charge in [0.15, 0.2) is 0 Å². The minimum atomic E-state index is -0.162. The second-order valence-corrected chi connectivity index (χ2v) is 16.1. The summed E-state index contributed by atoms with van der Waals surface area (Å²) in [7, 11) is 0. The van der Waals surface area contributed by atoms with Crippen molar-refractivity contribution in [3.05, 3.63) is 159 Å². The minimum Gasteiger partial charge on any atom is -0.455 e. The van der Waals surface area contributed by atoms with Gasteiger partial charge < -0.3 is 13.6 Å².